The lowest BCUT2D eigenvalue weighted by atomic mass is 10.1. The number of nitrogens with one attached hydrogen (secondary N) is 1. The average molecular weight is 372 g/mol. The first-order chi connectivity index (χ1) is 12.6. The van der Waals surface area contributed by atoms with Gasteiger partial charge in [0.15, 0.2) is 0 Å². The normalized spacial score (nSPS) is 17.3. The molecule has 4 rings (SSSR count). The highest BCUT2D eigenvalue weighted by Gasteiger charge is 2.18. The van der Waals surface area contributed by atoms with Gasteiger partial charge in [0, 0.05) is 25.3 Å². The van der Waals surface area contributed by atoms with Gasteiger partial charge in [-0.1, -0.05) is 18.2 Å². The van der Waals surface area contributed by atoms with Crippen LogP contribution in [0.5, 0.6) is 0 Å². The Morgan fingerprint density at radius 1 is 0.962 bits per heavy atom. The summed E-state index contributed by atoms with van der Waals surface area (Å²) in [5, 5.41) is 0. The van der Waals surface area contributed by atoms with Crippen molar-refractivity contribution in [2.45, 2.75) is 30.7 Å². The Bertz CT molecular complexity index is 872. The van der Waals surface area contributed by atoms with Crippen molar-refractivity contribution >= 4 is 15.7 Å². The summed E-state index contributed by atoms with van der Waals surface area (Å²) in [6.45, 7) is 3.59. The van der Waals surface area contributed by atoms with Gasteiger partial charge in [0.05, 0.1) is 18.1 Å². The Morgan fingerprint density at radius 2 is 1.69 bits per heavy atom. The number of nitrogens with zero attached hydrogens (tertiary/aromatic N) is 1. The minimum absolute atomic E-state index is 0.294. The fourth-order valence-electron chi connectivity index (χ4n) is 3.62. The van der Waals surface area contributed by atoms with E-state index in [9.17, 15) is 8.42 Å². The highest BCUT2D eigenvalue weighted by molar-refractivity contribution is 7.89. The maximum atomic E-state index is 12.6. The van der Waals surface area contributed by atoms with E-state index in [4.69, 9.17) is 4.74 Å². The molecule has 6 heteroatoms. The topological polar surface area (TPSA) is 58.6 Å². The second kappa shape index (κ2) is 7.39. The first-order valence-electron chi connectivity index (χ1n) is 9.15. The molecule has 2 aliphatic rings. The zero-order valence-electron chi connectivity index (χ0n) is 14.8. The van der Waals surface area contributed by atoms with Crippen LogP contribution in [-0.2, 0) is 34.1 Å². The number of anilines is 1. The predicted molar refractivity (Wildman–Crippen MR) is 102 cm³/mol. The second-order valence-electron chi connectivity index (χ2n) is 6.87. The summed E-state index contributed by atoms with van der Waals surface area (Å²) >= 11 is 0. The lowest BCUT2D eigenvalue weighted by Crippen LogP contribution is -2.36. The van der Waals surface area contributed by atoms with Crippen molar-refractivity contribution in [3.63, 3.8) is 0 Å². The van der Waals surface area contributed by atoms with Crippen LogP contribution in [0.1, 0.15) is 23.1 Å². The van der Waals surface area contributed by atoms with Crippen LogP contribution in [0, 0.1) is 0 Å². The zero-order valence-corrected chi connectivity index (χ0v) is 15.6. The third-order valence-electron chi connectivity index (χ3n) is 5.16. The van der Waals surface area contributed by atoms with E-state index in [1.165, 1.54) is 11.1 Å². The summed E-state index contributed by atoms with van der Waals surface area (Å²) in [7, 11) is -3.49. The van der Waals surface area contributed by atoms with Gasteiger partial charge in [-0.15, -0.1) is 0 Å². The standard InChI is InChI=1S/C20H24N2O3S/c23-26(24,20-9-6-17-2-1-3-18(17)14-20)21-15-16-4-7-19(8-5-16)22-10-12-25-13-11-22/h4-9,14,21H,1-3,10-13,15H2. The molecule has 1 saturated heterocycles. The maximum Gasteiger partial charge on any atom is 0.240 e. The van der Waals surface area contributed by atoms with Crippen molar-refractivity contribution < 1.29 is 13.2 Å². The number of sulfonamides is 1. The molecule has 1 heterocycles. The van der Waals surface area contributed by atoms with Gasteiger partial charge in [0.1, 0.15) is 0 Å². The fourth-order valence-corrected chi connectivity index (χ4v) is 4.69. The van der Waals surface area contributed by atoms with Gasteiger partial charge in [-0.3, -0.25) is 0 Å². The molecule has 26 heavy (non-hydrogen) atoms. The molecule has 2 aromatic carbocycles. The van der Waals surface area contributed by atoms with E-state index in [2.05, 4.69) is 9.62 Å². The third-order valence-corrected chi connectivity index (χ3v) is 6.56. The molecular formula is C20H24N2O3S. The van der Waals surface area contributed by atoms with Crippen molar-refractivity contribution in [1.82, 2.24) is 4.72 Å². The van der Waals surface area contributed by atoms with E-state index < -0.39 is 10.0 Å². The number of aryl methyl sites for hydroxylation is 2. The number of rotatable bonds is 5. The molecule has 0 atom stereocenters. The van der Waals surface area contributed by atoms with Gasteiger partial charge < -0.3 is 9.64 Å². The molecule has 2 aromatic rings. The summed E-state index contributed by atoms with van der Waals surface area (Å²) in [5.74, 6) is 0. The molecule has 0 amide bonds. The molecule has 0 bridgehead atoms. The summed E-state index contributed by atoms with van der Waals surface area (Å²) in [6, 6.07) is 13.6. The quantitative estimate of drug-likeness (QED) is 0.876. The molecule has 0 radical (unpaired) electrons. The van der Waals surface area contributed by atoms with Crippen LogP contribution in [0.25, 0.3) is 0 Å². The van der Waals surface area contributed by atoms with Gasteiger partial charge in [0.25, 0.3) is 0 Å². The highest BCUT2D eigenvalue weighted by Crippen LogP contribution is 2.25. The molecule has 0 unspecified atom stereocenters. The minimum atomic E-state index is -3.49. The van der Waals surface area contributed by atoms with E-state index in [0.717, 1.165) is 56.8 Å². The first kappa shape index (κ1) is 17.5. The molecule has 5 nitrogen and oxygen atoms in total. The molecule has 0 aromatic heterocycles. The molecule has 138 valence electrons. The molecule has 1 N–H and O–H groups in total. The molecule has 0 spiro atoms. The van der Waals surface area contributed by atoms with Gasteiger partial charge in [-0.2, -0.15) is 0 Å². The van der Waals surface area contributed by atoms with Crippen LogP contribution in [0.4, 0.5) is 5.69 Å². The van der Waals surface area contributed by atoms with Crippen molar-refractivity contribution in [3.05, 3.63) is 59.2 Å². The van der Waals surface area contributed by atoms with Gasteiger partial charge in [-0.05, 0) is 60.2 Å². The zero-order chi connectivity index (χ0) is 18.0. The van der Waals surface area contributed by atoms with Crippen LogP contribution in [0.15, 0.2) is 47.4 Å². The van der Waals surface area contributed by atoms with Crippen molar-refractivity contribution in [2.24, 2.45) is 0 Å². The van der Waals surface area contributed by atoms with E-state index in [1.54, 1.807) is 6.07 Å². The van der Waals surface area contributed by atoms with Gasteiger partial charge >= 0.3 is 0 Å². The molecular weight excluding hydrogens is 348 g/mol. The average Bonchev–Trinajstić information content (AvgIpc) is 3.15. The predicted octanol–water partition coefficient (Wildman–Crippen LogP) is 2.49. The summed E-state index contributed by atoms with van der Waals surface area (Å²) < 4.78 is 33.3. The SMILES string of the molecule is O=S(=O)(NCc1ccc(N2CCOCC2)cc1)c1ccc2c(c1)CCC2. The smallest absolute Gasteiger partial charge is 0.240 e. The van der Waals surface area contributed by atoms with Crippen molar-refractivity contribution in [1.29, 1.82) is 0 Å². The van der Waals surface area contributed by atoms with Crippen LogP contribution in [0.3, 0.4) is 0 Å². The molecule has 1 aliphatic carbocycles. The van der Waals surface area contributed by atoms with Gasteiger partial charge in [-0.25, -0.2) is 13.1 Å². The van der Waals surface area contributed by atoms with E-state index >= 15 is 0 Å². The number of morpholine rings is 1. The summed E-state index contributed by atoms with van der Waals surface area (Å²) in [6.07, 6.45) is 3.14. The van der Waals surface area contributed by atoms with Gasteiger partial charge in [0.2, 0.25) is 10.0 Å². The largest absolute Gasteiger partial charge is 0.378 e. The van der Waals surface area contributed by atoms with Crippen LogP contribution >= 0.6 is 0 Å². The monoisotopic (exact) mass is 372 g/mol. The minimum Gasteiger partial charge on any atom is -0.378 e. The number of hydrogen-bond donors (Lipinski definition) is 1. The Morgan fingerprint density at radius 3 is 2.46 bits per heavy atom. The fraction of sp³-hybridized carbons (Fsp3) is 0.400. The molecule has 1 aliphatic heterocycles. The number of benzene rings is 2. The Labute approximate surface area is 155 Å². The lowest BCUT2D eigenvalue weighted by Gasteiger charge is -2.28. The number of ether oxygens (including phenoxy) is 1. The second-order valence-corrected chi connectivity index (χ2v) is 8.64. The maximum absolute atomic E-state index is 12.6. The Balaban J connectivity index is 1.41. The van der Waals surface area contributed by atoms with Crippen molar-refractivity contribution in [2.75, 3.05) is 31.2 Å². The van der Waals surface area contributed by atoms with Crippen LogP contribution in [-0.4, -0.2) is 34.7 Å². The number of fused-ring (bicyclic) bond motifs is 1. The van der Waals surface area contributed by atoms with Crippen molar-refractivity contribution in [3.8, 4) is 0 Å². The lowest BCUT2D eigenvalue weighted by molar-refractivity contribution is 0.122. The third kappa shape index (κ3) is 3.77. The van der Waals surface area contributed by atoms with E-state index in [0.29, 0.717) is 11.4 Å². The summed E-state index contributed by atoms with van der Waals surface area (Å²) in [4.78, 5) is 2.64. The molecule has 0 saturated carbocycles. The van der Waals surface area contributed by atoms with Crippen LogP contribution < -0.4 is 9.62 Å². The summed E-state index contributed by atoms with van der Waals surface area (Å²) in [5.41, 5.74) is 4.55. The van der Waals surface area contributed by atoms with Crippen LogP contribution in [0.2, 0.25) is 0 Å². The molecule has 1 fully saturated rings. The van der Waals surface area contributed by atoms with E-state index in [-0.39, 0.29) is 0 Å². The first-order valence-corrected chi connectivity index (χ1v) is 10.6. The number of hydrogen-bond acceptors (Lipinski definition) is 4. The van der Waals surface area contributed by atoms with E-state index in [1.807, 2.05) is 36.4 Å². The Hall–Kier alpha value is -1.89. The Kier molecular flexibility index (Phi) is 4.98. The highest BCUT2D eigenvalue weighted by atomic mass is 32.2.